The lowest BCUT2D eigenvalue weighted by Crippen LogP contribution is -2.24. The molecular weight excluding hydrogens is 440 g/mol. The van der Waals surface area contributed by atoms with Crippen LogP contribution in [0.15, 0.2) is 89.8 Å². The molecule has 0 fully saturated rings. The number of aryl methyl sites for hydroxylation is 2. The summed E-state index contributed by atoms with van der Waals surface area (Å²) in [5.41, 5.74) is 6.02. The fourth-order valence-electron chi connectivity index (χ4n) is 4.35. The summed E-state index contributed by atoms with van der Waals surface area (Å²) in [5, 5.41) is 14.6. The Morgan fingerprint density at radius 3 is 2.66 bits per heavy atom. The first kappa shape index (κ1) is 22.3. The standard InChI is InChI=1S/C28H24N4O3/c1-19-9-12-22(13-10-19)31-16-4-6-21-17-20(11-14-25(21)31)5-2-8-24-26(28(34)35)30-32(27(24)33)23-7-3-15-29-18-23/h2-3,5,7-15,17-18H,4,6,16H2,1H3,(H,34,35)/b5-2+,24-8-. The normalized spacial score (nSPS) is 16.7. The number of hydrazone groups is 1. The number of carboxylic acid groups (broad SMARTS) is 1. The minimum absolute atomic E-state index is 0.0288. The van der Waals surface area contributed by atoms with Gasteiger partial charge in [0.2, 0.25) is 0 Å². The van der Waals surface area contributed by atoms with Crippen molar-refractivity contribution in [3.05, 3.63) is 101 Å². The van der Waals surface area contributed by atoms with Crippen molar-refractivity contribution in [3.8, 4) is 0 Å². The number of allylic oxidation sites excluding steroid dienone is 2. The van der Waals surface area contributed by atoms with Crippen molar-refractivity contribution in [2.24, 2.45) is 5.10 Å². The zero-order valence-corrected chi connectivity index (χ0v) is 19.3. The van der Waals surface area contributed by atoms with Gasteiger partial charge in [0.05, 0.1) is 17.5 Å². The molecule has 2 aliphatic rings. The molecule has 5 rings (SSSR count). The second-order valence-corrected chi connectivity index (χ2v) is 8.50. The van der Waals surface area contributed by atoms with Gasteiger partial charge in [-0.25, -0.2) is 4.79 Å². The molecule has 0 spiro atoms. The summed E-state index contributed by atoms with van der Waals surface area (Å²) in [6.07, 6.45) is 10.2. The maximum Gasteiger partial charge on any atom is 0.357 e. The smallest absolute Gasteiger partial charge is 0.357 e. The number of carboxylic acids is 1. The lowest BCUT2D eigenvalue weighted by atomic mass is 9.98. The van der Waals surface area contributed by atoms with Gasteiger partial charge in [-0.1, -0.05) is 35.9 Å². The molecule has 1 amide bonds. The molecule has 7 heteroatoms. The van der Waals surface area contributed by atoms with E-state index in [4.69, 9.17) is 0 Å². The van der Waals surface area contributed by atoms with Crippen molar-refractivity contribution in [2.45, 2.75) is 19.8 Å². The molecule has 0 radical (unpaired) electrons. The molecule has 2 aliphatic heterocycles. The van der Waals surface area contributed by atoms with Gasteiger partial charge in [0.25, 0.3) is 5.91 Å². The molecule has 1 N–H and O–H groups in total. The van der Waals surface area contributed by atoms with Crippen LogP contribution in [0.5, 0.6) is 0 Å². The lowest BCUT2D eigenvalue weighted by Gasteiger charge is -2.31. The Balaban J connectivity index is 1.39. The number of aromatic nitrogens is 1. The molecule has 0 atom stereocenters. The summed E-state index contributed by atoms with van der Waals surface area (Å²) >= 11 is 0. The molecule has 7 nitrogen and oxygen atoms in total. The highest BCUT2D eigenvalue weighted by atomic mass is 16.4. The Morgan fingerprint density at radius 1 is 1.09 bits per heavy atom. The molecule has 35 heavy (non-hydrogen) atoms. The van der Waals surface area contributed by atoms with Crippen molar-refractivity contribution in [1.82, 2.24) is 4.98 Å². The van der Waals surface area contributed by atoms with Gasteiger partial charge < -0.3 is 10.0 Å². The van der Waals surface area contributed by atoms with E-state index in [0.29, 0.717) is 5.69 Å². The van der Waals surface area contributed by atoms with Crippen LogP contribution >= 0.6 is 0 Å². The Hall–Kier alpha value is -4.52. The van der Waals surface area contributed by atoms with E-state index in [9.17, 15) is 14.7 Å². The molecule has 1 aromatic heterocycles. The third kappa shape index (κ3) is 4.48. The molecule has 2 aromatic carbocycles. The molecule has 3 aromatic rings. The third-order valence-corrected chi connectivity index (χ3v) is 6.09. The van der Waals surface area contributed by atoms with E-state index in [1.807, 2.05) is 12.1 Å². The Labute approximate surface area is 203 Å². The van der Waals surface area contributed by atoms with Crippen molar-refractivity contribution in [3.63, 3.8) is 0 Å². The summed E-state index contributed by atoms with van der Waals surface area (Å²) < 4.78 is 0. The number of carbonyl (C=O) groups excluding carboxylic acids is 1. The van der Waals surface area contributed by atoms with E-state index in [2.05, 4.69) is 58.3 Å². The molecule has 0 saturated heterocycles. The second kappa shape index (κ2) is 9.38. The first-order valence-electron chi connectivity index (χ1n) is 11.4. The zero-order chi connectivity index (χ0) is 24.4. The fourth-order valence-corrected chi connectivity index (χ4v) is 4.35. The number of aliphatic carboxylic acids is 1. The fraction of sp³-hybridized carbons (Fsp3) is 0.143. The summed E-state index contributed by atoms with van der Waals surface area (Å²) in [7, 11) is 0. The van der Waals surface area contributed by atoms with Crippen LogP contribution in [0, 0.1) is 6.92 Å². The van der Waals surface area contributed by atoms with Crippen LogP contribution < -0.4 is 9.91 Å². The van der Waals surface area contributed by atoms with Crippen LogP contribution in [-0.4, -0.2) is 34.2 Å². The molecule has 0 unspecified atom stereocenters. The number of anilines is 3. The summed E-state index contributed by atoms with van der Waals surface area (Å²) in [6.45, 7) is 3.06. The molecule has 3 heterocycles. The maximum atomic E-state index is 12.9. The van der Waals surface area contributed by atoms with E-state index in [0.717, 1.165) is 30.0 Å². The van der Waals surface area contributed by atoms with Crippen molar-refractivity contribution in [2.75, 3.05) is 16.5 Å². The molecule has 0 saturated carbocycles. The summed E-state index contributed by atoms with van der Waals surface area (Å²) in [5.74, 6) is -1.76. The number of hydrogen-bond acceptors (Lipinski definition) is 5. The average Bonchev–Trinajstić information content (AvgIpc) is 3.21. The number of pyridine rings is 1. The topological polar surface area (TPSA) is 86.1 Å². The molecule has 174 valence electrons. The monoisotopic (exact) mass is 464 g/mol. The van der Waals surface area contributed by atoms with Gasteiger partial charge in [0.1, 0.15) is 0 Å². The Kier molecular flexibility index (Phi) is 5.97. The minimum atomic E-state index is -1.26. The van der Waals surface area contributed by atoms with Crippen LogP contribution in [0.4, 0.5) is 17.1 Å². The van der Waals surface area contributed by atoms with Crippen LogP contribution in [0.2, 0.25) is 0 Å². The summed E-state index contributed by atoms with van der Waals surface area (Å²) in [6, 6.07) is 18.2. The predicted molar refractivity (Wildman–Crippen MR) is 137 cm³/mol. The van der Waals surface area contributed by atoms with E-state index in [1.54, 1.807) is 24.4 Å². The number of carbonyl (C=O) groups is 2. The second-order valence-electron chi connectivity index (χ2n) is 8.50. The number of benzene rings is 2. The highest BCUT2D eigenvalue weighted by Gasteiger charge is 2.34. The van der Waals surface area contributed by atoms with Crippen LogP contribution in [0.25, 0.3) is 6.08 Å². The van der Waals surface area contributed by atoms with E-state index >= 15 is 0 Å². The lowest BCUT2D eigenvalue weighted by molar-refractivity contribution is -0.129. The van der Waals surface area contributed by atoms with Gasteiger partial charge in [-0.05, 0) is 73.4 Å². The van der Waals surface area contributed by atoms with Crippen LogP contribution in [-0.2, 0) is 16.0 Å². The first-order valence-corrected chi connectivity index (χ1v) is 11.4. The van der Waals surface area contributed by atoms with Gasteiger partial charge in [-0.15, -0.1) is 0 Å². The predicted octanol–water partition coefficient (Wildman–Crippen LogP) is 4.90. The highest BCUT2D eigenvalue weighted by Crippen LogP contribution is 2.34. The Bertz CT molecular complexity index is 1380. The number of amides is 1. The van der Waals surface area contributed by atoms with E-state index in [-0.39, 0.29) is 11.3 Å². The largest absolute Gasteiger partial charge is 0.476 e. The zero-order valence-electron chi connectivity index (χ0n) is 19.3. The number of hydrogen-bond donors (Lipinski definition) is 1. The number of rotatable bonds is 5. The van der Waals surface area contributed by atoms with Crippen LogP contribution in [0.1, 0.15) is 23.1 Å². The van der Waals surface area contributed by atoms with Crippen LogP contribution in [0.3, 0.4) is 0 Å². The van der Waals surface area contributed by atoms with Gasteiger partial charge in [-0.3, -0.25) is 9.78 Å². The van der Waals surface area contributed by atoms with Gasteiger partial charge >= 0.3 is 5.97 Å². The van der Waals surface area contributed by atoms with Crippen molar-refractivity contribution < 1.29 is 14.7 Å². The average molecular weight is 465 g/mol. The minimum Gasteiger partial charge on any atom is -0.476 e. The van der Waals surface area contributed by atoms with Gasteiger partial charge in [0.15, 0.2) is 5.71 Å². The number of nitrogens with zero attached hydrogens (tertiary/aromatic N) is 4. The van der Waals surface area contributed by atoms with E-state index < -0.39 is 11.9 Å². The highest BCUT2D eigenvalue weighted by molar-refractivity contribution is 6.52. The summed E-state index contributed by atoms with van der Waals surface area (Å²) in [4.78, 5) is 30.9. The number of fused-ring (bicyclic) bond motifs is 1. The molecular formula is C28H24N4O3. The SMILES string of the molecule is Cc1ccc(N2CCCc3cc(/C=C/C=C4\C(=O)N(c5cccnc5)N=C4C(=O)O)ccc32)cc1. The van der Waals surface area contributed by atoms with Crippen molar-refractivity contribution >= 4 is 40.7 Å². The van der Waals surface area contributed by atoms with Crippen molar-refractivity contribution in [1.29, 1.82) is 0 Å². The first-order chi connectivity index (χ1) is 17.0. The van der Waals surface area contributed by atoms with E-state index in [1.165, 1.54) is 34.8 Å². The Morgan fingerprint density at radius 2 is 1.91 bits per heavy atom. The molecule has 0 bridgehead atoms. The third-order valence-electron chi connectivity index (χ3n) is 6.09. The maximum absolute atomic E-state index is 12.9. The van der Waals surface area contributed by atoms with Gasteiger partial charge in [-0.2, -0.15) is 10.1 Å². The van der Waals surface area contributed by atoms with Gasteiger partial charge in [0, 0.05) is 24.1 Å². The molecule has 0 aliphatic carbocycles. The quantitative estimate of drug-likeness (QED) is 0.543.